The maximum absolute atomic E-state index is 12.7. The Balaban J connectivity index is 1.48. The third-order valence-electron chi connectivity index (χ3n) is 6.24. The Kier molecular flexibility index (Phi) is 5.88. The first-order chi connectivity index (χ1) is 14.7. The first kappa shape index (κ1) is 21.6. The molecule has 1 aromatic carbocycles. The van der Waals surface area contributed by atoms with E-state index in [4.69, 9.17) is 9.72 Å². The number of methoxy groups -OCH3 is 1. The van der Waals surface area contributed by atoms with E-state index in [1.165, 1.54) is 5.56 Å². The quantitative estimate of drug-likeness (QED) is 0.817. The number of ether oxygens (including phenoxy) is 1. The number of hydrogen-bond donors (Lipinski definition) is 1. The number of hydrogen-bond acceptors (Lipinski definition) is 5. The van der Waals surface area contributed by atoms with Gasteiger partial charge in [-0.05, 0) is 30.5 Å². The van der Waals surface area contributed by atoms with Crippen LogP contribution in [-0.2, 0) is 24.3 Å². The van der Waals surface area contributed by atoms with Gasteiger partial charge in [0.05, 0.1) is 12.8 Å². The highest BCUT2D eigenvalue weighted by atomic mass is 16.5. The topological polar surface area (TPSA) is 78.5 Å². The first-order valence-electron chi connectivity index (χ1n) is 11.0. The Hall–Kier alpha value is -2.67. The predicted octanol–water partition coefficient (Wildman–Crippen LogP) is 2.70. The van der Waals surface area contributed by atoms with E-state index in [0.717, 1.165) is 42.3 Å². The molecule has 31 heavy (non-hydrogen) atoms. The van der Waals surface area contributed by atoms with Crippen LogP contribution in [-0.4, -0.2) is 52.4 Å². The Morgan fingerprint density at radius 3 is 2.65 bits per heavy atom. The van der Waals surface area contributed by atoms with Gasteiger partial charge in [-0.1, -0.05) is 32.9 Å². The highest BCUT2D eigenvalue weighted by molar-refractivity contribution is 5.81. The minimum absolute atomic E-state index is 0.0234. The number of rotatable bonds is 4. The highest BCUT2D eigenvalue weighted by Crippen LogP contribution is 2.29. The van der Waals surface area contributed by atoms with Crippen LogP contribution < -0.4 is 10.3 Å². The zero-order valence-corrected chi connectivity index (χ0v) is 18.9. The normalized spacial score (nSPS) is 19.4. The number of nitrogens with zero attached hydrogens (tertiary/aromatic N) is 3. The van der Waals surface area contributed by atoms with Gasteiger partial charge in [0, 0.05) is 49.6 Å². The smallest absolute Gasteiger partial charge is 0.254 e. The molecule has 7 heteroatoms. The van der Waals surface area contributed by atoms with Gasteiger partial charge >= 0.3 is 0 Å². The number of nitrogens with one attached hydrogen (secondary N) is 1. The molecular formula is C24H32N4O3. The molecule has 4 rings (SSSR count). The Bertz CT molecular complexity index is 1010. The van der Waals surface area contributed by atoms with E-state index in [-0.39, 0.29) is 17.4 Å². The van der Waals surface area contributed by atoms with Crippen molar-refractivity contribution >= 4 is 5.91 Å². The van der Waals surface area contributed by atoms with E-state index in [2.05, 4.69) is 22.0 Å². The molecule has 3 heterocycles. The van der Waals surface area contributed by atoms with Gasteiger partial charge in [0.2, 0.25) is 5.91 Å². The molecule has 7 nitrogen and oxygen atoms in total. The third-order valence-corrected chi connectivity index (χ3v) is 6.24. The summed E-state index contributed by atoms with van der Waals surface area (Å²) in [6, 6.07) is 8.09. The number of fused-ring (bicyclic) bond motifs is 1. The fourth-order valence-corrected chi connectivity index (χ4v) is 4.47. The van der Waals surface area contributed by atoms with Crippen LogP contribution >= 0.6 is 0 Å². The minimum Gasteiger partial charge on any atom is -0.497 e. The number of H-pyrrole nitrogens is 1. The third kappa shape index (κ3) is 4.66. The molecule has 0 unspecified atom stereocenters. The van der Waals surface area contributed by atoms with Crippen molar-refractivity contribution in [3.05, 3.63) is 57.3 Å². The molecule has 1 fully saturated rings. The van der Waals surface area contributed by atoms with E-state index < -0.39 is 5.41 Å². The van der Waals surface area contributed by atoms with Crippen LogP contribution in [0.4, 0.5) is 0 Å². The summed E-state index contributed by atoms with van der Waals surface area (Å²) < 4.78 is 5.24. The van der Waals surface area contributed by atoms with Gasteiger partial charge in [-0.25, -0.2) is 4.98 Å². The van der Waals surface area contributed by atoms with Crippen molar-refractivity contribution in [2.75, 3.05) is 26.7 Å². The summed E-state index contributed by atoms with van der Waals surface area (Å²) in [4.78, 5) is 37.5. The van der Waals surface area contributed by atoms with Crippen molar-refractivity contribution < 1.29 is 9.53 Å². The van der Waals surface area contributed by atoms with Crippen molar-refractivity contribution in [1.29, 1.82) is 0 Å². The maximum atomic E-state index is 12.7. The van der Waals surface area contributed by atoms with E-state index in [1.54, 1.807) is 7.11 Å². The maximum Gasteiger partial charge on any atom is 0.254 e. The van der Waals surface area contributed by atoms with Gasteiger partial charge in [0.25, 0.3) is 5.56 Å². The van der Waals surface area contributed by atoms with Crippen molar-refractivity contribution in [3.63, 3.8) is 0 Å². The van der Waals surface area contributed by atoms with Gasteiger partial charge in [0.15, 0.2) is 0 Å². The minimum atomic E-state index is -0.395. The van der Waals surface area contributed by atoms with Crippen molar-refractivity contribution in [1.82, 2.24) is 19.8 Å². The number of aromatic nitrogens is 2. The molecule has 1 N–H and O–H groups in total. The van der Waals surface area contributed by atoms with Crippen LogP contribution in [0.1, 0.15) is 55.8 Å². The summed E-state index contributed by atoms with van der Waals surface area (Å²) in [5.74, 6) is 1.81. The van der Waals surface area contributed by atoms with E-state index in [0.29, 0.717) is 26.1 Å². The van der Waals surface area contributed by atoms with Crippen LogP contribution in [0.2, 0.25) is 0 Å². The van der Waals surface area contributed by atoms with Crippen LogP contribution in [0.3, 0.4) is 0 Å². The lowest BCUT2D eigenvalue weighted by Gasteiger charge is -2.28. The molecule has 2 aliphatic rings. The van der Waals surface area contributed by atoms with Gasteiger partial charge in [-0.2, -0.15) is 0 Å². The van der Waals surface area contributed by atoms with Crippen LogP contribution in [0.25, 0.3) is 0 Å². The average Bonchev–Trinajstić information content (AvgIpc) is 3.23. The number of aromatic amines is 1. The molecule has 1 amide bonds. The van der Waals surface area contributed by atoms with E-state index in [9.17, 15) is 9.59 Å². The van der Waals surface area contributed by atoms with Crippen LogP contribution in [0, 0.1) is 5.41 Å². The SMILES string of the molecule is COc1ccc(CN2CCc3c(nc([C@H]4CCN(C(=O)C(C)(C)C)C4)[nH]c3=O)C2)cc1. The molecule has 2 aromatic rings. The second kappa shape index (κ2) is 8.46. The lowest BCUT2D eigenvalue weighted by Crippen LogP contribution is -2.38. The van der Waals surface area contributed by atoms with Gasteiger partial charge in [-0.3, -0.25) is 14.5 Å². The average molecular weight is 425 g/mol. The number of amides is 1. The van der Waals surface area contributed by atoms with Gasteiger partial charge < -0.3 is 14.6 Å². The highest BCUT2D eigenvalue weighted by Gasteiger charge is 2.35. The predicted molar refractivity (Wildman–Crippen MR) is 119 cm³/mol. The second-order valence-electron chi connectivity index (χ2n) is 9.67. The molecule has 0 spiro atoms. The summed E-state index contributed by atoms with van der Waals surface area (Å²) in [6.07, 6.45) is 1.53. The Labute approximate surface area is 183 Å². The zero-order valence-electron chi connectivity index (χ0n) is 18.9. The molecule has 1 saturated heterocycles. The summed E-state index contributed by atoms with van der Waals surface area (Å²) in [7, 11) is 1.67. The molecule has 0 bridgehead atoms. The summed E-state index contributed by atoms with van der Waals surface area (Å²) in [5, 5.41) is 0. The van der Waals surface area contributed by atoms with Gasteiger partial charge in [0.1, 0.15) is 11.6 Å². The van der Waals surface area contributed by atoms with Crippen LogP contribution in [0.15, 0.2) is 29.1 Å². The van der Waals surface area contributed by atoms with Crippen molar-refractivity contribution in [2.24, 2.45) is 5.41 Å². The molecule has 0 saturated carbocycles. The Morgan fingerprint density at radius 2 is 1.97 bits per heavy atom. The van der Waals surface area contributed by atoms with Crippen molar-refractivity contribution in [3.8, 4) is 5.75 Å². The second-order valence-corrected chi connectivity index (χ2v) is 9.67. The molecule has 166 valence electrons. The summed E-state index contributed by atoms with van der Waals surface area (Å²) in [5.41, 5.74) is 2.47. The number of benzene rings is 1. The summed E-state index contributed by atoms with van der Waals surface area (Å²) in [6.45, 7) is 9.47. The Morgan fingerprint density at radius 1 is 1.23 bits per heavy atom. The van der Waals surface area contributed by atoms with E-state index >= 15 is 0 Å². The number of carbonyl (C=O) groups is 1. The standard InChI is InChI=1S/C24H32N4O3/c1-24(2,3)23(30)28-12-9-17(14-28)21-25-20-15-27(11-10-19(20)22(29)26-21)13-16-5-7-18(31-4)8-6-16/h5-8,17H,9-15H2,1-4H3,(H,25,26,29)/t17-/m0/s1. The summed E-state index contributed by atoms with van der Waals surface area (Å²) >= 11 is 0. The zero-order chi connectivity index (χ0) is 22.2. The van der Waals surface area contributed by atoms with Crippen molar-refractivity contribution in [2.45, 2.75) is 52.6 Å². The fraction of sp³-hybridized carbons (Fsp3) is 0.542. The fourth-order valence-electron chi connectivity index (χ4n) is 4.47. The largest absolute Gasteiger partial charge is 0.497 e. The molecule has 2 aliphatic heterocycles. The molecule has 1 atom stereocenters. The van der Waals surface area contributed by atoms with Gasteiger partial charge in [-0.15, -0.1) is 0 Å². The van der Waals surface area contributed by atoms with Crippen LogP contribution in [0.5, 0.6) is 5.75 Å². The molecular weight excluding hydrogens is 392 g/mol. The monoisotopic (exact) mass is 424 g/mol. The first-order valence-corrected chi connectivity index (χ1v) is 11.0. The lowest BCUT2D eigenvalue weighted by atomic mass is 9.95. The molecule has 1 aromatic heterocycles. The molecule has 0 aliphatic carbocycles. The lowest BCUT2D eigenvalue weighted by molar-refractivity contribution is -0.138. The number of carbonyl (C=O) groups excluding carboxylic acids is 1. The molecule has 0 radical (unpaired) electrons. The van der Waals surface area contributed by atoms with E-state index in [1.807, 2.05) is 37.8 Å². The number of likely N-dealkylation sites (tertiary alicyclic amines) is 1.